The van der Waals surface area contributed by atoms with Crippen molar-refractivity contribution in [1.29, 1.82) is 0 Å². The average Bonchev–Trinajstić information content (AvgIpc) is 2.91. The number of hydrogen-bond acceptors (Lipinski definition) is 7. The second kappa shape index (κ2) is 10.8. The highest BCUT2D eigenvalue weighted by molar-refractivity contribution is 7.59. The van der Waals surface area contributed by atoms with Crippen molar-refractivity contribution in [3.8, 4) is 17.0 Å². The molecule has 186 valence electrons. The molecular weight excluding hydrogens is 472 g/mol. The third kappa shape index (κ3) is 4.92. The minimum atomic E-state index is -0.117. The largest absolute Gasteiger partial charge is 0.490 e. The van der Waals surface area contributed by atoms with Crippen LogP contribution in [0.2, 0.25) is 0 Å². The molecule has 9 heteroatoms. The van der Waals surface area contributed by atoms with Crippen LogP contribution < -0.4 is 20.3 Å². The van der Waals surface area contributed by atoms with Crippen LogP contribution in [0.15, 0.2) is 61.1 Å². The summed E-state index contributed by atoms with van der Waals surface area (Å²) in [5.74, 6) is 1.67. The van der Waals surface area contributed by atoms with Gasteiger partial charge < -0.3 is 20.3 Å². The van der Waals surface area contributed by atoms with Gasteiger partial charge in [-0.2, -0.15) is 13.5 Å². The molecule has 1 aliphatic rings. The summed E-state index contributed by atoms with van der Waals surface area (Å²) in [6.45, 7) is 4.35. The first kappa shape index (κ1) is 25.2. The van der Waals surface area contributed by atoms with Crippen molar-refractivity contribution in [2.45, 2.75) is 12.8 Å². The molecule has 0 aliphatic carbocycles. The zero-order valence-electron chi connectivity index (χ0n) is 20.6. The fraction of sp³-hybridized carbons (Fsp3) is 0.259. The Labute approximate surface area is 217 Å². The van der Waals surface area contributed by atoms with Crippen LogP contribution in [-0.4, -0.2) is 54.7 Å². The number of para-hydroxylation sites is 1. The normalized spacial score (nSPS) is 13.2. The van der Waals surface area contributed by atoms with Crippen LogP contribution in [-0.2, 0) is 0 Å². The number of aromatic nitrogens is 3. The fourth-order valence-electron chi connectivity index (χ4n) is 4.42. The number of carbonyl (C=O) groups excluding carboxylic acids is 1. The number of pyridine rings is 1. The highest BCUT2D eigenvalue weighted by Crippen LogP contribution is 2.34. The lowest BCUT2D eigenvalue weighted by atomic mass is 9.96. The van der Waals surface area contributed by atoms with Crippen LogP contribution in [0.5, 0.6) is 5.75 Å². The van der Waals surface area contributed by atoms with Crippen molar-refractivity contribution < 1.29 is 9.53 Å². The number of ether oxygens (including phenoxy) is 1. The molecule has 3 heterocycles. The first-order chi connectivity index (χ1) is 17.0. The van der Waals surface area contributed by atoms with Crippen molar-refractivity contribution in [3.63, 3.8) is 0 Å². The number of likely N-dealkylation sites (N-methyl/N-ethyl adjacent to an activating group) is 1. The number of carbonyl (C=O) groups is 1. The van der Waals surface area contributed by atoms with Crippen LogP contribution in [0, 0.1) is 0 Å². The van der Waals surface area contributed by atoms with Crippen LogP contribution in [0.1, 0.15) is 28.8 Å². The number of hydrogen-bond donors (Lipinski definition) is 2. The predicted octanol–water partition coefficient (Wildman–Crippen LogP) is 4.21. The lowest BCUT2D eigenvalue weighted by Gasteiger charge is -2.28. The number of anilines is 2. The molecule has 1 atom stereocenters. The number of benzene rings is 2. The highest BCUT2D eigenvalue weighted by atomic mass is 32.1. The Bertz CT molecular complexity index is 1400. The molecule has 36 heavy (non-hydrogen) atoms. The lowest BCUT2D eigenvalue weighted by molar-refractivity contribution is 0.0964. The van der Waals surface area contributed by atoms with E-state index in [1.54, 1.807) is 25.6 Å². The number of fused-ring (bicyclic) bond motifs is 2. The molecule has 1 amide bonds. The number of amides is 1. The van der Waals surface area contributed by atoms with Crippen molar-refractivity contribution >= 4 is 41.8 Å². The van der Waals surface area contributed by atoms with Crippen LogP contribution in [0.4, 0.5) is 11.5 Å². The summed E-state index contributed by atoms with van der Waals surface area (Å²) in [4.78, 5) is 28.0. The van der Waals surface area contributed by atoms with Gasteiger partial charge in [0.1, 0.15) is 24.5 Å². The molecule has 0 fully saturated rings. The Hall–Kier alpha value is -3.85. The molecule has 0 spiro atoms. The molecule has 4 aromatic rings. The van der Waals surface area contributed by atoms with Crippen LogP contribution >= 0.6 is 13.5 Å². The second-order valence-corrected chi connectivity index (χ2v) is 8.70. The van der Waals surface area contributed by atoms with Gasteiger partial charge >= 0.3 is 0 Å². The maximum Gasteiger partial charge on any atom is 0.251 e. The van der Waals surface area contributed by atoms with Gasteiger partial charge in [-0.3, -0.25) is 9.78 Å². The van der Waals surface area contributed by atoms with Gasteiger partial charge in [0.05, 0.1) is 29.0 Å². The molecule has 2 aromatic carbocycles. The summed E-state index contributed by atoms with van der Waals surface area (Å²) in [7, 11) is 3.70. The van der Waals surface area contributed by atoms with E-state index in [0.29, 0.717) is 18.7 Å². The summed E-state index contributed by atoms with van der Waals surface area (Å²) in [5, 5.41) is 7.00. The van der Waals surface area contributed by atoms with Crippen LogP contribution in [0.3, 0.4) is 0 Å². The van der Waals surface area contributed by atoms with E-state index in [2.05, 4.69) is 56.6 Å². The van der Waals surface area contributed by atoms with E-state index < -0.39 is 0 Å². The van der Waals surface area contributed by atoms with E-state index in [1.165, 1.54) is 0 Å². The summed E-state index contributed by atoms with van der Waals surface area (Å²) < 4.78 is 5.76. The molecule has 2 aromatic heterocycles. The first-order valence-electron chi connectivity index (χ1n) is 11.7. The molecule has 1 aliphatic heterocycles. The standard InChI is InChI=1S/C27H28N6O2.H2S/c1-17(19-5-4-6-20-21(27(34)28-2)9-10-29-26(19)20)15-30-25-14-22(31-16-32-25)18-7-8-24-23(13-18)33(3)11-12-35-24;/h4-10,13-14,16-17H,11-12,15H2,1-3H3,(H,28,34)(H,30,31,32);1H2/t17-;/m1./s1. The maximum absolute atomic E-state index is 12.3. The molecule has 0 saturated carbocycles. The second-order valence-electron chi connectivity index (χ2n) is 8.70. The van der Waals surface area contributed by atoms with Crippen molar-refractivity contribution in [2.75, 3.05) is 44.0 Å². The number of nitrogens with one attached hydrogen (secondary N) is 2. The van der Waals surface area contributed by atoms with E-state index in [-0.39, 0.29) is 25.3 Å². The highest BCUT2D eigenvalue weighted by Gasteiger charge is 2.17. The SMILES string of the molecule is CNC(=O)c1ccnc2c([C@H](C)CNc3cc(-c4ccc5c(c4)N(C)CCO5)ncn3)cccc12.S. The van der Waals surface area contributed by atoms with Gasteiger partial charge in [-0.05, 0) is 29.8 Å². The van der Waals surface area contributed by atoms with Crippen molar-refractivity contribution in [3.05, 3.63) is 72.2 Å². The van der Waals surface area contributed by atoms with E-state index in [1.807, 2.05) is 30.3 Å². The van der Waals surface area contributed by atoms with Gasteiger partial charge in [-0.25, -0.2) is 9.97 Å². The third-order valence-corrected chi connectivity index (χ3v) is 6.41. The Balaban J connectivity index is 0.00000304. The molecule has 0 radical (unpaired) electrons. The number of rotatable bonds is 6. The van der Waals surface area contributed by atoms with Crippen molar-refractivity contribution in [2.24, 2.45) is 0 Å². The van der Waals surface area contributed by atoms with E-state index in [4.69, 9.17) is 4.74 Å². The average molecular weight is 503 g/mol. The van der Waals surface area contributed by atoms with Gasteiger partial charge in [0.2, 0.25) is 0 Å². The Kier molecular flexibility index (Phi) is 7.59. The summed E-state index contributed by atoms with van der Waals surface area (Å²) in [5.41, 5.74) is 5.47. The summed E-state index contributed by atoms with van der Waals surface area (Å²) in [6, 6.07) is 15.8. The summed E-state index contributed by atoms with van der Waals surface area (Å²) >= 11 is 0. The maximum atomic E-state index is 12.3. The predicted molar refractivity (Wildman–Crippen MR) is 149 cm³/mol. The van der Waals surface area contributed by atoms with Gasteiger partial charge in [-0.1, -0.05) is 25.1 Å². The number of nitrogens with zero attached hydrogens (tertiary/aromatic N) is 4. The monoisotopic (exact) mass is 502 g/mol. The van der Waals surface area contributed by atoms with Gasteiger partial charge in [0, 0.05) is 49.8 Å². The topological polar surface area (TPSA) is 92.3 Å². The lowest BCUT2D eigenvalue weighted by Crippen LogP contribution is -2.28. The van der Waals surface area contributed by atoms with Crippen molar-refractivity contribution in [1.82, 2.24) is 20.3 Å². The Morgan fingerprint density at radius 1 is 1.14 bits per heavy atom. The van der Waals surface area contributed by atoms with E-state index >= 15 is 0 Å². The first-order valence-corrected chi connectivity index (χ1v) is 11.7. The molecule has 8 nitrogen and oxygen atoms in total. The Morgan fingerprint density at radius 3 is 2.83 bits per heavy atom. The van der Waals surface area contributed by atoms with Gasteiger partial charge in [0.15, 0.2) is 0 Å². The van der Waals surface area contributed by atoms with Gasteiger partial charge in [0.25, 0.3) is 5.91 Å². The smallest absolute Gasteiger partial charge is 0.251 e. The fourth-order valence-corrected chi connectivity index (χ4v) is 4.42. The molecule has 0 saturated heterocycles. The quantitative estimate of drug-likeness (QED) is 0.408. The van der Waals surface area contributed by atoms with Gasteiger partial charge in [-0.15, -0.1) is 0 Å². The van der Waals surface area contributed by atoms with Crippen LogP contribution in [0.25, 0.3) is 22.2 Å². The molecule has 5 rings (SSSR count). The molecule has 0 bridgehead atoms. The third-order valence-electron chi connectivity index (χ3n) is 6.41. The zero-order valence-corrected chi connectivity index (χ0v) is 21.6. The minimum Gasteiger partial charge on any atom is -0.490 e. The zero-order chi connectivity index (χ0) is 24.4. The molecule has 0 unspecified atom stereocenters. The molecular formula is C27H30N6O2S. The summed E-state index contributed by atoms with van der Waals surface area (Å²) in [6.07, 6.45) is 3.27. The van der Waals surface area contributed by atoms with E-state index in [0.717, 1.165) is 51.5 Å². The minimum absolute atomic E-state index is 0. The Morgan fingerprint density at radius 2 is 2.00 bits per heavy atom. The van der Waals surface area contributed by atoms with E-state index in [9.17, 15) is 4.79 Å². The molecule has 2 N–H and O–H groups in total.